The summed E-state index contributed by atoms with van der Waals surface area (Å²) < 4.78 is 15.8. The zero-order valence-electron chi connectivity index (χ0n) is 17.7. The molecule has 11 heteroatoms. The number of amides is 3. The van der Waals surface area contributed by atoms with Gasteiger partial charge in [0.05, 0.1) is 13.2 Å². The molecule has 10 nitrogen and oxygen atoms in total. The van der Waals surface area contributed by atoms with E-state index >= 15 is 0 Å². The zero-order valence-corrected chi connectivity index (χ0v) is 18.6. The van der Waals surface area contributed by atoms with Crippen LogP contribution < -0.4 is 24.8 Å². The van der Waals surface area contributed by atoms with E-state index in [2.05, 4.69) is 20.8 Å². The maximum Gasteiger partial charge on any atom is 0.322 e. The molecule has 0 aliphatic carbocycles. The summed E-state index contributed by atoms with van der Waals surface area (Å²) in [4.78, 5) is 27.3. The van der Waals surface area contributed by atoms with Crippen molar-refractivity contribution < 1.29 is 23.8 Å². The number of nitrogens with one attached hydrogen (secondary N) is 2. The van der Waals surface area contributed by atoms with E-state index in [1.807, 2.05) is 12.1 Å². The van der Waals surface area contributed by atoms with Crippen LogP contribution >= 0.6 is 11.3 Å². The predicted octanol–water partition coefficient (Wildman–Crippen LogP) is 3.90. The Hall–Kier alpha value is -3.86. The van der Waals surface area contributed by atoms with Crippen molar-refractivity contribution >= 4 is 34.6 Å². The third kappa shape index (κ3) is 4.40. The van der Waals surface area contributed by atoms with E-state index in [-0.39, 0.29) is 29.8 Å². The first kappa shape index (κ1) is 21.0. The van der Waals surface area contributed by atoms with Crippen LogP contribution in [-0.4, -0.2) is 47.5 Å². The minimum absolute atomic E-state index is 0.162. The van der Waals surface area contributed by atoms with Crippen molar-refractivity contribution in [3.8, 4) is 17.2 Å². The van der Waals surface area contributed by atoms with E-state index < -0.39 is 0 Å². The number of carbonyl (C=O) groups is 2. The Morgan fingerprint density at radius 3 is 2.82 bits per heavy atom. The van der Waals surface area contributed by atoms with Gasteiger partial charge in [0.1, 0.15) is 10.8 Å². The first-order valence-corrected chi connectivity index (χ1v) is 11.2. The molecule has 1 saturated heterocycles. The van der Waals surface area contributed by atoms with Crippen molar-refractivity contribution in [3.63, 3.8) is 0 Å². The van der Waals surface area contributed by atoms with Gasteiger partial charge in [0, 0.05) is 30.1 Å². The van der Waals surface area contributed by atoms with Crippen LogP contribution in [0.25, 0.3) is 0 Å². The summed E-state index contributed by atoms with van der Waals surface area (Å²) in [5.41, 5.74) is 1.22. The zero-order chi connectivity index (χ0) is 22.8. The third-order valence-corrected chi connectivity index (χ3v) is 6.41. The lowest BCUT2D eigenvalue weighted by Gasteiger charge is -2.23. The fourth-order valence-corrected chi connectivity index (χ4v) is 4.67. The molecule has 3 heterocycles. The third-order valence-electron chi connectivity index (χ3n) is 5.39. The molecule has 0 radical (unpaired) electrons. The molecule has 33 heavy (non-hydrogen) atoms. The molecule has 2 aromatic carbocycles. The highest BCUT2D eigenvalue weighted by Gasteiger charge is 2.33. The number of anilines is 2. The molecule has 0 unspecified atom stereocenters. The molecule has 0 bridgehead atoms. The topological polar surface area (TPSA) is 115 Å². The normalized spacial score (nSPS) is 16.5. The molecule has 2 aliphatic rings. The molecule has 5 rings (SSSR count). The maximum absolute atomic E-state index is 12.9. The molecule has 2 N–H and O–H groups in total. The van der Waals surface area contributed by atoms with Crippen LogP contribution in [0.15, 0.2) is 42.5 Å². The maximum atomic E-state index is 12.9. The van der Waals surface area contributed by atoms with Gasteiger partial charge >= 0.3 is 6.03 Å². The highest BCUT2D eigenvalue weighted by Crippen LogP contribution is 2.36. The summed E-state index contributed by atoms with van der Waals surface area (Å²) >= 11 is 1.18. The Kier molecular flexibility index (Phi) is 5.69. The molecule has 1 fully saturated rings. The van der Waals surface area contributed by atoms with Gasteiger partial charge in [-0.3, -0.25) is 4.79 Å². The van der Waals surface area contributed by atoms with Crippen molar-refractivity contribution in [2.75, 3.05) is 31.1 Å². The Labute approximate surface area is 193 Å². The number of rotatable bonds is 5. The average molecular weight is 468 g/mol. The molecule has 1 aromatic heterocycles. The second kappa shape index (κ2) is 8.94. The van der Waals surface area contributed by atoms with E-state index in [9.17, 15) is 9.59 Å². The largest absolute Gasteiger partial charge is 0.497 e. The second-order valence-electron chi connectivity index (χ2n) is 7.48. The quantitative estimate of drug-likeness (QED) is 0.585. The number of nitrogens with zero attached hydrogens (tertiary/aromatic N) is 3. The van der Waals surface area contributed by atoms with Crippen LogP contribution in [0.3, 0.4) is 0 Å². The highest BCUT2D eigenvalue weighted by atomic mass is 32.1. The Bertz CT molecular complexity index is 1200. The SMILES string of the molecule is COc1cccc(NC(=O)N2CCC[C@@H]2c2nnc(C(=O)Nc3ccc4c(c3)OCO4)s2)c1. The molecule has 170 valence electrons. The van der Waals surface area contributed by atoms with Gasteiger partial charge in [-0.15, -0.1) is 10.2 Å². The molecule has 2 aliphatic heterocycles. The number of hydrogen-bond donors (Lipinski definition) is 2. The van der Waals surface area contributed by atoms with Crippen LogP contribution in [0.5, 0.6) is 17.2 Å². The van der Waals surface area contributed by atoms with E-state index in [4.69, 9.17) is 14.2 Å². The fraction of sp³-hybridized carbons (Fsp3) is 0.273. The lowest BCUT2D eigenvalue weighted by molar-refractivity contribution is 0.102. The molecule has 1 atom stereocenters. The molecular formula is C22H21N5O5S. The number of fused-ring (bicyclic) bond motifs is 1. The first-order valence-electron chi connectivity index (χ1n) is 10.4. The standard InChI is InChI=1S/C22H21N5O5S/c1-30-15-5-2-4-13(10-15)24-22(29)27-9-3-6-16(27)20-25-26-21(33-20)19(28)23-14-7-8-17-18(11-14)32-12-31-17/h2,4-5,7-8,10-11,16H,3,6,9,12H2,1H3,(H,23,28)(H,24,29)/t16-/m1/s1. The van der Waals surface area contributed by atoms with E-state index in [1.165, 1.54) is 11.3 Å². The number of methoxy groups -OCH3 is 1. The number of benzene rings is 2. The summed E-state index contributed by atoms with van der Waals surface area (Å²) in [5.74, 6) is 1.50. The van der Waals surface area contributed by atoms with E-state index in [1.54, 1.807) is 42.3 Å². The number of carbonyl (C=O) groups excluding carboxylic acids is 2. The van der Waals surface area contributed by atoms with Crippen LogP contribution in [-0.2, 0) is 0 Å². The summed E-state index contributed by atoms with van der Waals surface area (Å²) in [7, 11) is 1.58. The Morgan fingerprint density at radius 2 is 1.94 bits per heavy atom. The van der Waals surface area contributed by atoms with Gasteiger partial charge in [-0.1, -0.05) is 17.4 Å². The Balaban J connectivity index is 1.26. The van der Waals surface area contributed by atoms with Crippen molar-refractivity contribution in [2.45, 2.75) is 18.9 Å². The van der Waals surface area contributed by atoms with Crippen LogP contribution in [0.4, 0.5) is 16.2 Å². The van der Waals surface area contributed by atoms with Gasteiger partial charge in [-0.05, 0) is 37.1 Å². The predicted molar refractivity (Wildman–Crippen MR) is 121 cm³/mol. The number of hydrogen-bond acceptors (Lipinski definition) is 8. The Morgan fingerprint density at radius 1 is 1.09 bits per heavy atom. The number of likely N-dealkylation sites (tertiary alicyclic amines) is 1. The van der Waals surface area contributed by atoms with Gasteiger partial charge in [-0.25, -0.2) is 4.79 Å². The lowest BCUT2D eigenvalue weighted by atomic mass is 10.2. The smallest absolute Gasteiger partial charge is 0.322 e. The summed E-state index contributed by atoms with van der Waals surface area (Å²) in [6, 6.07) is 11.9. The van der Waals surface area contributed by atoms with Crippen LogP contribution in [0.2, 0.25) is 0 Å². The second-order valence-corrected chi connectivity index (χ2v) is 8.49. The molecule has 3 aromatic rings. The van der Waals surface area contributed by atoms with Crippen LogP contribution in [0, 0.1) is 0 Å². The molecule has 0 saturated carbocycles. The molecule has 3 amide bonds. The van der Waals surface area contributed by atoms with Gasteiger partial charge < -0.3 is 29.7 Å². The van der Waals surface area contributed by atoms with Crippen molar-refractivity contribution in [3.05, 3.63) is 52.5 Å². The minimum Gasteiger partial charge on any atom is -0.497 e. The van der Waals surface area contributed by atoms with Gasteiger partial charge in [0.25, 0.3) is 5.91 Å². The van der Waals surface area contributed by atoms with Gasteiger partial charge in [0.15, 0.2) is 11.5 Å². The minimum atomic E-state index is -0.372. The van der Waals surface area contributed by atoms with Gasteiger partial charge in [-0.2, -0.15) is 0 Å². The monoisotopic (exact) mass is 467 g/mol. The fourth-order valence-electron chi connectivity index (χ4n) is 3.78. The summed E-state index contributed by atoms with van der Waals surface area (Å²) in [5, 5.41) is 14.8. The van der Waals surface area contributed by atoms with E-state index in [0.717, 1.165) is 12.8 Å². The lowest BCUT2D eigenvalue weighted by Crippen LogP contribution is -2.34. The van der Waals surface area contributed by atoms with Crippen molar-refractivity contribution in [2.24, 2.45) is 0 Å². The van der Waals surface area contributed by atoms with Crippen LogP contribution in [0.1, 0.15) is 33.7 Å². The number of urea groups is 1. The van der Waals surface area contributed by atoms with Crippen molar-refractivity contribution in [1.82, 2.24) is 15.1 Å². The highest BCUT2D eigenvalue weighted by molar-refractivity contribution is 7.13. The van der Waals surface area contributed by atoms with Gasteiger partial charge in [0.2, 0.25) is 11.8 Å². The number of ether oxygens (including phenoxy) is 3. The summed E-state index contributed by atoms with van der Waals surface area (Å²) in [6.45, 7) is 0.758. The first-order chi connectivity index (χ1) is 16.1. The average Bonchev–Trinajstić information content (AvgIpc) is 3.58. The van der Waals surface area contributed by atoms with E-state index in [0.29, 0.717) is 40.2 Å². The molecule has 0 spiro atoms. The molecular weight excluding hydrogens is 446 g/mol. The number of aromatic nitrogens is 2. The van der Waals surface area contributed by atoms with Crippen molar-refractivity contribution in [1.29, 1.82) is 0 Å². The summed E-state index contributed by atoms with van der Waals surface area (Å²) in [6.07, 6.45) is 1.60.